The topological polar surface area (TPSA) is 61.5 Å². The summed E-state index contributed by atoms with van der Waals surface area (Å²) >= 11 is 0. The Hall–Kier alpha value is -1.71. The van der Waals surface area contributed by atoms with Crippen LogP contribution in [0.1, 0.15) is 30.1 Å². The summed E-state index contributed by atoms with van der Waals surface area (Å²) in [6, 6.07) is 5.01. The lowest BCUT2D eigenvalue weighted by Gasteiger charge is -2.10. The third-order valence-electron chi connectivity index (χ3n) is 2.67. The molecule has 4 nitrogen and oxygen atoms in total. The number of nitrogen functional groups attached to an aromatic ring is 1. The van der Waals surface area contributed by atoms with E-state index in [4.69, 9.17) is 15.2 Å². The van der Waals surface area contributed by atoms with Gasteiger partial charge in [0.2, 0.25) is 0 Å². The maximum absolute atomic E-state index is 11.9. The molecule has 4 heteroatoms. The molecule has 0 aromatic heterocycles. The van der Waals surface area contributed by atoms with Gasteiger partial charge in [-0.25, -0.2) is 4.79 Å². The molecule has 0 spiro atoms. The molecule has 1 aliphatic carbocycles. The highest BCUT2D eigenvalue weighted by Gasteiger charge is 2.24. The second kappa shape index (κ2) is 5.08. The Bertz CT molecular complexity index is 413. The fourth-order valence-electron chi connectivity index (χ4n) is 1.54. The lowest BCUT2D eigenvalue weighted by molar-refractivity contribution is 0.0482. The minimum atomic E-state index is -0.354. The first-order chi connectivity index (χ1) is 8.20. The van der Waals surface area contributed by atoms with Crippen molar-refractivity contribution in [3.8, 4) is 5.75 Å². The Morgan fingerprint density at radius 1 is 1.47 bits per heavy atom. The largest absolute Gasteiger partial charge is 0.493 e. The second-order valence-corrected chi connectivity index (χ2v) is 4.23. The Morgan fingerprint density at radius 3 is 2.88 bits per heavy atom. The van der Waals surface area contributed by atoms with Gasteiger partial charge in [-0.2, -0.15) is 0 Å². The van der Waals surface area contributed by atoms with Gasteiger partial charge in [0, 0.05) is 5.69 Å². The molecule has 1 aliphatic rings. The quantitative estimate of drug-likeness (QED) is 0.628. The van der Waals surface area contributed by atoms with Crippen LogP contribution >= 0.6 is 0 Å². The van der Waals surface area contributed by atoms with Crippen LogP contribution in [0.3, 0.4) is 0 Å². The van der Waals surface area contributed by atoms with Crippen molar-refractivity contribution in [2.75, 3.05) is 18.9 Å². The van der Waals surface area contributed by atoms with Gasteiger partial charge in [-0.15, -0.1) is 0 Å². The Morgan fingerprint density at radius 2 is 2.24 bits per heavy atom. The molecule has 17 heavy (non-hydrogen) atoms. The summed E-state index contributed by atoms with van der Waals surface area (Å²) in [4.78, 5) is 11.9. The number of benzene rings is 1. The average Bonchev–Trinajstić information content (AvgIpc) is 3.12. The van der Waals surface area contributed by atoms with Crippen LogP contribution in [0.5, 0.6) is 5.75 Å². The van der Waals surface area contributed by atoms with E-state index in [1.54, 1.807) is 18.2 Å². The molecule has 0 heterocycles. The van der Waals surface area contributed by atoms with E-state index in [1.165, 1.54) is 0 Å². The smallest absolute Gasteiger partial charge is 0.342 e. The molecule has 0 atom stereocenters. The summed E-state index contributed by atoms with van der Waals surface area (Å²) in [6.45, 7) is 2.88. The number of ether oxygens (including phenoxy) is 2. The highest BCUT2D eigenvalue weighted by atomic mass is 16.5. The SMILES string of the molecule is CCOc1ccc(N)cc1C(=O)OCC1CC1. The standard InChI is InChI=1S/C13H17NO3/c1-2-16-12-6-5-10(14)7-11(12)13(15)17-8-9-3-4-9/h5-7,9H,2-4,8,14H2,1H3. The van der Waals surface area contributed by atoms with Crippen LogP contribution in [0, 0.1) is 5.92 Å². The van der Waals surface area contributed by atoms with Crippen molar-refractivity contribution in [1.82, 2.24) is 0 Å². The van der Waals surface area contributed by atoms with Gasteiger partial charge in [0.05, 0.1) is 13.2 Å². The number of esters is 1. The van der Waals surface area contributed by atoms with Crippen LogP contribution in [-0.2, 0) is 4.74 Å². The van der Waals surface area contributed by atoms with E-state index in [-0.39, 0.29) is 5.97 Å². The van der Waals surface area contributed by atoms with Crippen LogP contribution < -0.4 is 10.5 Å². The maximum atomic E-state index is 11.9. The molecular weight excluding hydrogens is 218 g/mol. The summed E-state index contributed by atoms with van der Waals surface area (Å²) in [5.74, 6) is 0.727. The van der Waals surface area contributed by atoms with E-state index in [0.717, 1.165) is 12.8 Å². The van der Waals surface area contributed by atoms with Crippen molar-refractivity contribution in [2.45, 2.75) is 19.8 Å². The molecule has 2 rings (SSSR count). The van der Waals surface area contributed by atoms with E-state index in [0.29, 0.717) is 36.1 Å². The van der Waals surface area contributed by atoms with E-state index >= 15 is 0 Å². The lowest BCUT2D eigenvalue weighted by atomic mass is 10.2. The van der Waals surface area contributed by atoms with E-state index in [1.807, 2.05) is 6.92 Å². The van der Waals surface area contributed by atoms with Crippen LogP contribution in [0.2, 0.25) is 0 Å². The zero-order chi connectivity index (χ0) is 12.3. The van der Waals surface area contributed by atoms with Gasteiger partial charge in [-0.1, -0.05) is 0 Å². The molecule has 1 aromatic rings. The summed E-state index contributed by atoms with van der Waals surface area (Å²) in [6.07, 6.45) is 2.31. The van der Waals surface area contributed by atoms with Gasteiger partial charge < -0.3 is 15.2 Å². The van der Waals surface area contributed by atoms with Crippen LogP contribution in [0.15, 0.2) is 18.2 Å². The molecule has 0 radical (unpaired) electrons. The number of carbonyl (C=O) groups is 1. The first-order valence-electron chi connectivity index (χ1n) is 5.90. The van der Waals surface area contributed by atoms with Crippen molar-refractivity contribution in [3.63, 3.8) is 0 Å². The number of anilines is 1. The van der Waals surface area contributed by atoms with Crippen LogP contribution in [-0.4, -0.2) is 19.2 Å². The third-order valence-corrected chi connectivity index (χ3v) is 2.67. The van der Waals surface area contributed by atoms with Crippen molar-refractivity contribution in [3.05, 3.63) is 23.8 Å². The second-order valence-electron chi connectivity index (χ2n) is 4.23. The highest BCUT2D eigenvalue weighted by molar-refractivity contribution is 5.93. The molecule has 1 saturated carbocycles. The summed E-state index contributed by atoms with van der Waals surface area (Å²) in [5, 5.41) is 0. The predicted octanol–water partition coefficient (Wildman–Crippen LogP) is 2.23. The molecule has 0 bridgehead atoms. The molecule has 1 fully saturated rings. The third kappa shape index (κ3) is 3.12. The predicted molar refractivity (Wildman–Crippen MR) is 65.0 cm³/mol. The van der Waals surface area contributed by atoms with Crippen LogP contribution in [0.25, 0.3) is 0 Å². The molecule has 0 saturated heterocycles. The average molecular weight is 235 g/mol. The summed E-state index contributed by atoms with van der Waals surface area (Å²) < 4.78 is 10.6. The molecular formula is C13H17NO3. The van der Waals surface area contributed by atoms with Crippen molar-refractivity contribution in [2.24, 2.45) is 5.92 Å². The number of hydrogen-bond acceptors (Lipinski definition) is 4. The zero-order valence-corrected chi connectivity index (χ0v) is 9.94. The molecule has 2 N–H and O–H groups in total. The normalized spacial score (nSPS) is 14.4. The van der Waals surface area contributed by atoms with Gasteiger partial charge in [0.25, 0.3) is 0 Å². The first-order valence-corrected chi connectivity index (χ1v) is 5.90. The van der Waals surface area contributed by atoms with Crippen molar-refractivity contribution >= 4 is 11.7 Å². The molecule has 0 amide bonds. The first kappa shape index (κ1) is 11.8. The van der Waals surface area contributed by atoms with Crippen molar-refractivity contribution < 1.29 is 14.3 Å². The van der Waals surface area contributed by atoms with Gasteiger partial charge in [-0.05, 0) is 43.9 Å². The number of carbonyl (C=O) groups excluding carboxylic acids is 1. The highest BCUT2D eigenvalue weighted by Crippen LogP contribution is 2.30. The number of nitrogens with two attached hydrogens (primary N) is 1. The zero-order valence-electron chi connectivity index (χ0n) is 9.94. The Labute approximate surface area is 101 Å². The van der Waals surface area contributed by atoms with Gasteiger partial charge in [0.1, 0.15) is 11.3 Å². The fourth-order valence-corrected chi connectivity index (χ4v) is 1.54. The summed E-state index contributed by atoms with van der Waals surface area (Å²) in [7, 11) is 0. The van der Waals surface area contributed by atoms with E-state index in [9.17, 15) is 4.79 Å². The number of hydrogen-bond donors (Lipinski definition) is 1. The van der Waals surface area contributed by atoms with Gasteiger partial charge in [0.15, 0.2) is 0 Å². The van der Waals surface area contributed by atoms with Crippen molar-refractivity contribution in [1.29, 1.82) is 0 Å². The Kier molecular flexibility index (Phi) is 3.52. The van der Waals surface area contributed by atoms with Crippen LogP contribution in [0.4, 0.5) is 5.69 Å². The Balaban J connectivity index is 2.09. The molecule has 0 aliphatic heterocycles. The van der Waals surface area contributed by atoms with Gasteiger partial charge in [-0.3, -0.25) is 0 Å². The molecule has 0 unspecified atom stereocenters. The minimum Gasteiger partial charge on any atom is -0.493 e. The monoisotopic (exact) mass is 235 g/mol. The lowest BCUT2D eigenvalue weighted by Crippen LogP contribution is -2.10. The maximum Gasteiger partial charge on any atom is 0.342 e. The fraction of sp³-hybridized carbons (Fsp3) is 0.462. The summed E-state index contributed by atoms with van der Waals surface area (Å²) in [5.41, 5.74) is 6.61. The molecule has 1 aromatic carbocycles. The number of rotatable bonds is 5. The van der Waals surface area contributed by atoms with E-state index in [2.05, 4.69) is 0 Å². The molecule has 92 valence electrons. The van der Waals surface area contributed by atoms with Gasteiger partial charge >= 0.3 is 5.97 Å². The van der Waals surface area contributed by atoms with E-state index < -0.39 is 0 Å². The minimum absolute atomic E-state index is 0.354.